The number of carbonyl (C=O) groups excluding carboxylic acids is 1. The molecule has 0 radical (unpaired) electrons. The molecule has 0 saturated carbocycles. The summed E-state index contributed by atoms with van der Waals surface area (Å²) in [6, 6.07) is 13.5. The first-order valence-corrected chi connectivity index (χ1v) is 10.5. The molecule has 0 aliphatic rings. The van der Waals surface area contributed by atoms with Crippen LogP contribution >= 0.6 is 0 Å². The number of para-hydroxylation sites is 1. The van der Waals surface area contributed by atoms with Crippen molar-refractivity contribution in [1.82, 2.24) is 24.8 Å². The molecule has 2 aromatic carbocycles. The second kappa shape index (κ2) is 9.07. The van der Waals surface area contributed by atoms with Crippen molar-refractivity contribution >= 4 is 28.4 Å². The highest BCUT2D eigenvalue weighted by Crippen LogP contribution is 2.25. The van der Waals surface area contributed by atoms with Gasteiger partial charge in [-0.2, -0.15) is 0 Å². The number of anilines is 2. The van der Waals surface area contributed by atoms with E-state index in [0.717, 1.165) is 11.4 Å². The molecule has 0 saturated heterocycles. The van der Waals surface area contributed by atoms with Crippen molar-refractivity contribution < 1.29 is 9.90 Å². The molecule has 0 aliphatic carbocycles. The fourth-order valence-corrected chi connectivity index (χ4v) is 3.58. The van der Waals surface area contributed by atoms with E-state index in [1.807, 2.05) is 26.8 Å². The van der Waals surface area contributed by atoms with Gasteiger partial charge in [-0.25, -0.2) is 15.0 Å². The molecule has 0 atom stereocenters. The first kappa shape index (κ1) is 21.9. The average molecular weight is 444 g/mol. The Morgan fingerprint density at radius 3 is 2.52 bits per heavy atom. The summed E-state index contributed by atoms with van der Waals surface area (Å²) < 4.78 is 0. The molecule has 4 aromatic rings. The topological polar surface area (TPSA) is 124 Å². The first-order chi connectivity index (χ1) is 15.8. The van der Waals surface area contributed by atoms with Crippen LogP contribution in [-0.2, 0) is 6.54 Å². The number of amides is 1. The Kier molecular flexibility index (Phi) is 6.03. The van der Waals surface area contributed by atoms with Crippen molar-refractivity contribution in [3.8, 4) is 5.75 Å². The van der Waals surface area contributed by atoms with Gasteiger partial charge in [-0.3, -0.25) is 9.59 Å². The van der Waals surface area contributed by atoms with Gasteiger partial charge in [0.05, 0.1) is 23.0 Å². The molecule has 0 spiro atoms. The number of benzene rings is 2. The average Bonchev–Trinajstić information content (AvgIpc) is 2.77. The van der Waals surface area contributed by atoms with E-state index in [9.17, 15) is 14.7 Å². The molecule has 168 valence electrons. The van der Waals surface area contributed by atoms with Crippen LogP contribution in [0.2, 0.25) is 0 Å². The maximum Gasteiger partial charge on any atom is 0.258 e. The Balaban J connectivity index is 1.60. The largest absolute Gasteiger partial charge is 0.507 e. The van der Waals surface area contributed by atoms with E-state index in [1.165, 1.54) is 11.0 Å². The summed E-state index contributed by atoms with van der Waals surface area (Å²) >= 11 is 0. The van der Waals surface area contributed by atoms with Gasteiger partial charge in [0.15, 0.2) is 0 Å². The normalized spacial score (nSPS) is 10.9. The number of H-pyrrole nitrogens is 1. The molecule has 0 aliphatic heterocycles. The molecule has 3 N–H and O–H groups in total. The fraction of sp³-hybridized carbons (Fsp3) is 0.208. The zero-order chi connectivity index (χ0) is 23.5. The highest BCUT2D eigenvalue weighted by molar-refractivity contribution is 5.98. The van der Waals surface area contributed by atoms with Gasteiger partial charge in [-0.05, 0) is 57.2 Å². The van der Waals surface area contributed by atoms with Crippen molar-refractivity contribution in [3.63, 3.8) is 0 Å². The first-order valence-electron chi connectivity index (χ1n) is 10.5. The number of hydrogen-bond donors (Lipinski definition) is 3. The molecule has 33 heavy (non-hydrogen) atoms. The van der Waals surface area contributed by atoms with Gasteiger partial charge < -0.3 is 20.3 Å². The van der Waals surface area contributed by atoms with Crippen LogP contribution in [0, 0.1) is 13.8 Å². The molecular weight excluding hydrogens is 420 g/mol. The van der Waals surface area contributed by atoms with E-state index >= 15 is 0 Å². The predicted octanol–water partition coefficient (Wildman–Crippen LogP) is 3.44. The third kappa shape index (κ3) is 4.82. The van der Waals surface area contributed by atoms with Crippen LogP contribution in [-0.4, -0.2) is 42.4 Å². The SMILES string of the molecule is CCN(Cc1nc2ccccc2c(=O)[nH]1)C(=O)c1cc(Nc2nc(C)cc(C)n2)ccc1O. The number of rotatable bonds is 6. The van der Waals surface area contributed by atoms with Gasteiger partial charge in [0.2, 0.25) is 5.95 Å². The summed E-state index contributed by atoms with van der Waals surface area (Å²) in [7, 11) is 0. The van der Waals surface area contributed by atoms with Crippen LogP contribution < -0.4 is 10.9 Å². The van der Waals surface area contributed by atoms with E-state index in [4.69, 9.17) is 0 Å². The molecule has 2 heterocycles. The Hall–Kier alpha value is -4.27. The van der Waals surface area contributed by atoms with Crippen LogP contribution in [0.25, 0.3) is 10.9 Å². The minimum atomic E-state index is -0.393. The van der Waals surface area contributed by atoms with Crippen LogP contribution in [0.5, 0.6) is 5.75 Å². The number of aryl methyl sites for hydroxylation is 2. The number of hydrogen-bond acceptors (Lipinski definition) is 7. The molecular formula is C24H24N6O3. The van der Waals surface area contributed by atoms with E-state index in [2.05, 4.69) is 25.3 Å². The maximum absolute atomic E-state index is 13.2. The number of fused-ring (bicyclic) bond motifs is 1. The van der Waals surface area contributed by atoms with E-state index < -0.39 is 5.91 Å². The van der Waals surface area contributed by atoms with Crippen LogP contribution in [0.4, 0.5) is 11.6 Å². The molecule has 2 aromatic heterocycles. The fourth-order valence-electron chi connectivity index (χ4n) is 3.58. The summed E-state index contributed by atoms with van der Waals surface area (Å²) in [6.45, 7) is 6.00. The lowest BCUT2D eigenvalue weighted by Gasteiger charge is -2.21. The smallest absolute Gasteiger partial charge is 0.258 e. The molecule has 1 amide bonds. The highest BCUT2D eigenvalue weighted by atomic mass is 16.3. The molecule has 0 fully saturated rings. The summed E-state index contributed by atoms with van der Waals surface area (Å²) in [4.78, 5) is 43.0. The van der Waals surface area contributed by atoms with Crippen LogP contribution in [0.1, 0.15) is 34.5 Å². The van der Waals surface area contributed by atoms with Crippen molar-refractivity contribution in [3.05, 3.63) is 81.7 Å². The Bertz CT molecular complexity index is 1380. The molecule has 4 rings (SSSR count). The number of aromatic amines is 1. The monoisotopic (exact) mass is 444 g/mol. The van der Waals surface area contributed by atoms with Crippen LogP contribution in [0.3, 0.4) is 0 Å². The molecule has 0 unspecified atom stereocenters. The second-order valence-corrected chi connectivity index (χ2v) is 7.68. The third-order valence-corrected chi connectivity index (χ3v) is 5.14. The number of phenolic OH excluding ortho intramolecular Hbond substituents is 1. The van der Waals surface area contributed by atoms with Crippen LogP contribution in [0.15, 0.2) is 53.3 Å². The predicted molar refractivity (Wildman–Crippen MR) is 126 cm³/mol. The highest BCUT2D eigenvalue weighted by Gasteiger charge is 2.20. The zero-order valence-corrected chi connectivity index (χ0v) is 18.6. The second-order valence-electron chi connectivity index (χ2n) is 7.68. The number of aromatic nitrogens is 4. The van der Waals surface area contributed by atoms with Gasteiger partial charge in [-0.1, -0.05) is 12.1 Å². The quantitative estimate of drug-likeness (QED) is 0.389. The van der Waals surface area contributed by atoms with Gasteiger partial charge in [0, 0.05) is 23.6 Å². The van der Waals surface area contributed by atoms with Gasteiger partial charge in [-0.15, -0.1) is 0 Å². The van der Waals surface area contributed by atoms with E-state index in [-0.39, 0.29) is 23.4 Å². The van der Waals surface area contributed by atoms with Crippen molar-refractivity contribution in [2.75, 3.05) is 11.9 Å². The van der Waals surface area contributed by atoms with Crippen molar-refractivity contribution in [2.45, 2.75) is 27.3 Å². The molecule has 9 heteroatoms. The summed E-state index contributed by atoms with van der Waals surface area (Å²) in [5.74, 6) is 0.231. The van der Waals surface area contributed by atoms with E-state index in [1.54, 1.807) is 36.4 Å². The van der Waals surface area contributed by atoms with Gasteiger partial charge in [0.25, 0.3) is 11.5 Å². The lowest BCUT2D eigenvalue weighted by molar-refractivity contribution is 0.0745. The third-order valence-electron chi connectivity index (χ3n) is 5.14. The number of phenols is 1. The summed E-state index contributed by atoms with van der Waals surface area (Å²) in [6.07, 6.45) is 0. The minimum absolute atomic E-state index is 0.0900. The van der Waals surface area contributed by atoms with Crippen molar-refractivity contribution in [1.29, 1.82) is 0 Å². The van der Waals surface area contributed by atoms with Crippen molar-refractivity contribution in [2.24, 2.45) is 0 Å². The Labute approximate surface area is 190 Å². The molecule has 9 nitrogen and oxygen atoms in total. The standard InChI is InChI=1S/C24H24N6O3/c1-4-30(13-21-28-19-8-6-5-7-17(19)22(32)29-21)23(33)18-12-16(9-10-20(18)31)27-24-25-14(2)11-15(3)26-24/h5-12,31H,4,13H2,1-3H3,(H,25,26,27)(H,28,29,32). The molecule has 0 bridgehead atoms. The Morgan fingerprint density at radius 1 is 1.06 bits per heavy atom. The van der Waals surface area contributed by atoms with E-state index in [0.29, 0.717) is 34.9 Å². The number of nitrogens with zero attached hydrogens (tertiary/aromatic N) is 4. The zero-order valence-electron chi connectivity index (χ0n) is 18.6. The number of aromatic hydroxyl groups is 1. The number of carbonyl (C=O) groups is 1. The minimum Gasteiger partial charge on any atom is -0.507 e. The Morgan fingerprint density at radius 2 is 1.79 bits per heavy atom. The number of nitrogens with one attached hydrogen (secondary N) is 2. The maximum atomic E-state index is 13.2. The summed E-state index contributed by atoms with van der Waals surface area (Å²) in [5, 5.41) is 13.9. The lowest BCUT2D eigenvalue weighted by Crippen LogP contribution is -2.32. The lowest BCUT2D eigenvalue weighted by atomic mass is 10.1. The van der Waals surface area contributed by atoms with Gasteiger partial charge in [0.1, 0.15) is 11.6 Å². The van der Waals surface area contributed by atoms with Gasteiger partial charge >= 0.3 is 0 Å². The summed E-state index contributed by atoms with van der Waals surface area (Å²) in [5.41, 5.74) is 2.61.